The summed E-state index contributed by atoms with van der Waals surface area (Å²) in [6.07, 6.45) is 6.21. The van der Waals surface area contributed by atoms with E-state index in [0.717, 1.165) is 12.8 Å². The number of hydrogen-bond acceptors (Lipinski definition) is 4. The van der Waals surface area contributed by atoms with Crippen LogP contribution in [0.4, 0.5) is 5.69 Å². The quantitative estimate of drug-likeness (QED) is 0.527. The fraction of sp³-hybridized carbons (Fsp3) is 0.500. The van der Waals surface area contributed by atoms with Crippen LogP contribution in [0.1, 0.15) is 38.2 Å². The number of nitrogens with one attached hydrogen (secondary N) is 1. The van der Waals surface area contributed by atoms with Gasteiger partial charge < -0.3 is 0 Å². The van der Waals surface area contributed by atoms with Gasteiger partial charge in [-0.15, -0.1) is 0 Å². The van der Waals surface area contributed by atoms with Crippen LogP contribution in [-0.4, -0.2) is 17.0 Å². The summed E-state index contributed by atoms with van der Waals surface area (Å²) in [6.45, 7) is 2.20. The number of amides is 1. The Morgan fingerprint density at radius 2 is 2.14 bits per heavy atom. The standard InChI is InChI=1S/C16H19N3O3/c1-16-9-3-2-4-13(16)14(16)15(20)18-17-10-11-5-7-12(8-6-11)19(21)22/h5-8,10,13-14H,2-4,9H2,1H3,(H,18,20)/b17-10-/t13-,14-,16+/m1/s1. The molecular formula is C16H19N3O3. The van der Waals surface area contributed by atoms with E-state index in [2.05, 4.69) is 17.5 Å². The fourth-order valence-electron chi connectivity index (χ4n) is 3.77. The van der Waals surface area contributed by atoms with Gasteiger partial charge in [-0.1, -0.05) is 19.8 Å². The summed E-state index contributed by atoms with van der Waals surface area (Å²) in [6, 6.07) is 6.04. The minimum atomic E-state index is -0.446. The molecule has 2 fully saturated rings. The van der Waals surface area contributed by atoms with Crippen molar-refractivity contribution in [2.75, 3.05) is 0 Å². The Balaban J connectivity index is 1.56. The van der Waals surface area contributed by atoms with Crippen LogP contribution >= 0.6 is 0 Å². The van der Waals surface area contributed by atoms with E-state index in [1.165, 1.54) is 31.2 Å². The summed E-state index contributed by atoms with van der Waals surface area (Å²) >= 11 is 0. The molecule has 0 unspecified atom stereocenters. The molecule has 0 aliphatic heterocycles. The second-order valence-electron chi connectivity index (χ2n) is 6.42. The molecule has 6 nitrogen and oxygen atoms in total. The van der Waals surface area contributed by atoms with Crippen LogP contribution in [0.5, 0.6) is 0 Å². The Labute approximate surface area is 128 Å². The van der Waals surface area contributed by atoms with Gasteiger partial charge in [0.15, 0.2) is 0 Å². The van der Waals surface area contributed by atoms with Crippen LogP contribution in [0.25, 0.3) is 0 Å². The van der Waals surface area contributed by atoms with Gasteiger partial charge in [0.25, 0.3) is 5.69 Å². The first-order chi connectivity index (χ1) is 10.5. The molecule has 6 heteroatoms. The number of nitro groups is 1. The van der Waals surface area contributed by atoms with Gasteiger partial charge in [-0.25, -0.2) is 5.43 Å². The van der Waals surface area contributed by atoms with Crippen LogP contribution in [-0.2, 0) is 4.79 Å². The highest BCUT2D eigenvalue weighted by molar-refractivity contribution is 5.86. The molecular weight excluding hydrogens is 282 g/mol. The number of carbonyl (C=O) groups is 1. The van der Waals surface area contributed by atoms with E-state index < -0.39 is 4.92 Å². The van der Waals surface area contributed by atoms with Crippen LogP contribution in [0.15, 0.2) is 29.4 Å². The average molecular weight is 301 g/mol. The van der Waals surface area contributed by atoms with E-state index in [1.54, 1.807) is 12.1 Å². The van der Waals surface area contributed by atoms with Crippen molar-refractivity contribution in [1.82, 2.24) is 5.43 Å². The number of nitro benzene ring substituents is 1. The number of carbonyl (C=O) groups excluding carboxylic acids is 1. The van der Waals surface area contributed by atoms with Gasteiger partial charge >= 0.3 is 0 Å². The second kappa shape index (κ2) is 5.51. The molecule has 1 aromatic rings. The molecule has 0 spiro atoms. The second-order valence-corrected chi connectivity index (χ2v) is 6.42. The Morgan fingerprint density at radius 3 is 2.73 bits per heavy atom. The molecule has 22 heavy (non-hydrogen) atoms. The smallest absolute Gasteiger partial charge is 0.269 e. The third-order valence-corrected chi connectivity index (χ3v) is 5.11. The molecule has 0 saturated heterocycles. The van der Waals surface area contributed by atoms with Gasteiger partial charge in [-0.05, 0) is 41.9 Å². The molecule has 1 amide bonds. The van der Waals surface area contributed by atoms with Crippen molar-refractivity contribution in [3.05, 3.63) is 39.9 Å². The van der Waals surface area contributed by atoms with Crippen LogP contribution in [0.2, 0.25) is 0 Å². The molecule has 3 atom stereocenters. The van der Waals surface area contributed by atoms with Crippen LogP contribution in [0.3, 0.4) is 0 Å². The average Bonchev–Trinajstić information content (AvgIpc) is 3.13. The normalized spacial score (nSPS) is 29.9. The minimum absolute atomic E-state index is 0.00689. The third kappa shape index (κ3) is 2.61. The SMILES string of the molecule is C[C@]12CCCC[C@@H]1[C@@H]2C(=O)N/N=C\c1ccc([N+](=O)[O-])cc1. The zero-order valence-electron chi connectivity index (χ0n) is 12.5. The Kier molecular flexibility index (Phi) is 3.68. The summed E-state index contributed by atoms with van der Waals surface area (Å²) in [4.78, 5) is 22.3. The zero-order valence-corrected chi connectivity index (χ0v) is 12.5. The van der Waals surface area contributed by atoms with Gasteiger partial charge in [0.05, 0.1) is 11.1 Å². The number of hydrogen-bond donors (Lipinski definition) is 1. The first-order valence-electron chi connectivity index (χ1n) is 7.60. The van der Waals surface area contributed by atoms with Crippen molar-refractivity contribution in [1.29, 1.82) is 0 Å². The lowest BCUT2D eigenvalue weighted by Crippen LogP contribution is -2.22. The Bertz CT molecular complexity index is 626. The van der Waals surface area contributed by atoms with Gasteiger partial charge in [0, 0.05) is 18.1 Å². The van der Waals surface area contributed by atoms with E-state index in [9.17, 15) is 14.9 Å². The van der Waals surface area contributed by atoms with Crippen molar-refractivity contribution >= 4 is 17.8 Å². The van der Waals surface area contributed by atoms with Crippen molar-refractivity contribution in [2.45, 2.75) is 32.6 Å². The predicted molar refractivity (Wildman–Crippen MR) is 82.4 cm³/mol. The summed E-state index contributed by atoms with van der Waals surface area (Å²) < 4.78 is 0. The van der Waals surface area contributed by atoms with Gasteiger partial charge in [-0.3, -0.25) is 14.9 Å². The van der Waals surface area contributed by atoms with E-state index in [4.69, 9.17) is 0 Å². The summed E-state index contributed by atoms with van der Waals surface area (Å²) in [5, 5.41) is 14.5. The summed E-state index contributed by atoms with van der Waals surface area (Å²) in [5.74, 6) is 0.590. The highest BCUT2D eigenvalue weighted by Crippen LogP contribution is 2.66. The molecule has 1 N–H and O–H groups in total. The van der Waals surface area contributed by atoms with Crippen molar-refractivity contribution < 1.29 is 9.72 Å². The van der Waals surface area contributed by atoms with E-state index in [1.807, 2.05) is 0 Å². The number of fused-ring (bicyclic) bond motifs is 1. The van der Waals surface area contributed by atoms with E-state index in [0.29, 0.717) is 11.5 Å². The maximum Gasteiger partial charge on any atom is 0.269 e. The molecule has 0 heterocycles. The number of non-ortho nitro benzene ring substituents is 1. The molecule has 0 bridgehead atoms. The maximum atomic E-state index is 12.2. The van der Waals surface area contributed by atoms with Crippen LogP contribution < -0.4 is 5.43 Å². The number of nitrogens with zero attached hydrogens (tertiary/aromatic N) is 2. The Hall–Kier alpha value is -2.24. The highest BCUT2D eigenvalue weighted by atomic mass is 16.6. The minimum Gasteiger partial charge on any atom is -0.273 e. The topological polar surface area (TPSA) is 84.6 Å². The maximum absolute atomic E-state index is 12.2. The molecule has 2 aliphatic carbocycles. The fourth-order valence-corrected chi connectivity index (χ4v) is 3.77. The van der Waals surface area contributed by atoms with E-state index in [-0.39, 0.29) is 22.9 Å². The van der Waals surface area contributed by atoms with E-state index >= 15 is 0 Å². The number of hydrazone groups is 1. The first kappa shape index (κ1) is 14.7. The molecule has 0 radical (unpaired) electrons. The lowest BCUT2D eigenvalue weighted by atomic mass is 9.90. The molecule has 0 aromatic heterocycles. The van der Waals surface area contributed by atoms with Gasteiger partial charge in [-0.2, -0.15) is 5.10 Å². The molecule has 2 aliphatic rings. The monoisotopic (exact) mass is 301 g/mol. The molecule has 2 saturated carbocycles. The molecule has 1 aromatic carbocycles. The van der Waals surface area contributed by atoms with Gasteiger partial charge in [0.1, 0.15) is 0 Å². The lowest BCUT2D eigenvalue weighted by molar-refractivity contribution is -0.384. The lowest BCUT2D eigenvalue weighted by Gasteiger charge is -2.15. The Morgan fingerprint density at radius 1 is 1.41 bits per heavy atom. The van der Waals surface area contributed by atoms with Crippen molar-refractivity contribution in [2.24, 2.45) is 22.4 Å². The summed E-state index contributed by atoms with van der Waals surface area (Å²) in [7, 11) is 0. The first-order valence-corrected chi connectivity index (χ1v) is 7.60. The van der Waals surface area contributed by atoms with Gasteiger partial charge in [0.2, 0.25) is 5.91 Å². The number of benzene rings is 1. The highest BCUT2D eigenvalue weighted by Gasteiger charge is 2.64. The third-order valence-electron chi connectivity index (χ3n) is 5.11. The zero-order chi connectivity index (χ0) is 15.7. The van der Waals surface area contributed by atoms with Crippen LogP contribution in [0, 0.1) is 27.4 Å². The summed E-state index contributed by atoms with van der Waals surface area (Å²) in [5.41, 5.74) is 3.53. The molecule has 116 valence electrons. The molecule has 3 rings (SSSR count). The predicted octanol–water partition coefficient (Wildman–Crippen LogP) is 2.87. The number of rotatable bonds is 4. The van der Waals surface area contributed by atoms with Crippen molar-refractivity contribution in [3.63, 3.8) is 0 Å². The van der Waals surface area contributed by atoms with Crippen molar-refractivity contribution in [3.8, 4) is 0 Å². The largest absolute Gasteiger partial charge is 0.273 e.